The van der Waals surface area contributed by atoms with Crippen LogP contribution in [0.25, 0.3) is 0 Å². The van der Waals surface area contributed by atoms with Crippen molar-refractivity contribution in [3.05, 3.63) is 28.2 Å². The van der Waals surface area contributed by atoms with Gasteiger partial charge < -0.3 is 10.1 Å². The second-order valence-electron chi connectivity index (χ2n) is 4.70. The second-order valence-corrected chi connectivity index (χ2v) is 7.04. The van der Waals surface area contributed by atoms with Crippen molar-refractivity contribution in [2.45, 2.75) is 24.8 Å². The van der Waals surface area contributed by atoms with Crippen LogP contribution in [-0.4, -0.2) is 36.5 Å². The zero-order valence-electron chi connectivity index (χ0n) is 12.7. The van der Waals surface area contributed by atoms with Crippen molar-refractivity contribution in [3.8, 4) is 0 Å². The van der Waals surface area contributed by atoms with Crippen LogP contribution in [0.5, 0.6) is 0 Å². The number of halogens is 1. The Morgan fingerprint density at radius 2 is 2.18 bits per heavy atom. The molecule has 0 aliphatic carbocycles. The number of aryl methyl sites for hydroxylation is 1. The number of thioether (sulfide) groups is 1. The molecule has 1 amide bonds. The van der Waals surface area contributed by atoms with Crippen molar-refractivity contribution in [1.82, 2.24) is 16.2 Å². The van der Waals surface area contributed by atoms with Crippen LogP contribution < -0.4 is 16.2 Å². The van der Waals surface area contributed by atoms with Crippen LogP contribution in [0.2, 0.25) is 0 Å². The lowest BCUT2D eigenvalue weighted by molar-refractivity contribution is -0.119. The van der Waals surface area contributed by atoms with Gasteiger partial charge in [0.25, 0.3) is 0 Å². The highest BCUT2D eigenvalue weighted by Crippen LogP contribution is 2.24. The molecule has 0 unspecified atom stereocenters. The summed E-state index contributed by atoms with van der Waals surface area (Å²) in [6.45, 7) is 4.49. The highest BCUT2D eigenvalue weighted by molar-refractivity contribution is 9.10. The van der Waals surface area contributed by atoms with Gasteiger partial charge in [-0.15, -0.1) is 11.8 Å². The van der Waals surface area contributed by atoms with E-state index in [-0.39, 0.29) is 11.9 Å². The van der Waals surface area contributed by atoms with Gasteiger partial charge in [0, 0.05) is 22.5 Å². The normalized spacial score (nSPS) is 11.6. The number of thiocarbonyl (C=S) groups is 1. The SMILES string of the molecule is COC[C@H](C)NC(=S)NNC(=O)CSc1ccc(Br)cc1C. The van der Waals surface area contributed by atoms with E-state index in [1.165, 1.54) is 11.8 Å². The third-order valence-electron chi connectivity index (χ3n) is 2.61. The number of nitrogens with one attached hydrogen (secondary N) is 3. The van der Waals surface area contributed by atoms with E-state index in [1.54, 1.807) is 7.11 Å². The number of amides is 1. The van der Waals surface area contributed by atoms with Gasteiger partial charge in [-0.3, -0.25) is 15.6 Å². The predicted molar refractivity (Wildman–Crippen MR) is 98.0 cm³/mol. The van der Waals surface area contributed by atoms with E-state index < -0.39 is 0 Å². The van der Waals surface area contributed by atoms with Crippen molar-refractivity contribution >= 4 is 50.9 Å². The Kier molecular flexibility index (Phi) is 8.77. The summed E-state index contributed by atoms with van der Waals surface area (Å²) in [6.07, 6.45) is 0. The van der Waals surface area contributed by atoms with Crippen LogP contribution in [0.1, 0.15) is 12.5 Å². The summed E-state index contributed by atoms with van der Waals surface area (Å²) in [7, 11) is 1.62. The van der Waals surface area contributed by atoms with E-state index in [4.69, 9.17) is 17.0 Å². The van der Waals surface area contributed by atoms with Gasteiger partial charge in [0.05, 0.1) is 12.4 Å². The molecule has 0 aliphatic heterocycles. The smallest absolute Gasteiger partial charge is 0.248 e. The zero-order chi connectivity index (χ0) is 16.5. The molecule has 1 aromatic rings. The standard InChI is InChI=1S/C14H20BrN3O2S2/c1-9-6-11(15)4-5-12(9)22-8-13(19)17-18-14(21)16-10(2)7-20-3/h4-6,10H,7-8H2,1-3H3,(H,17,19)(H2,16,18,21)/t10-/m0/s1. The summed E-state index contributed by atoms with van der Waals surface area (Å²) in [6, 6.07) is 6.04. The maximum atomic E-state index is 11.8. The van der Waals surface area contributed by atoms with Gasteiger partial charge in [-0.1, -0.05) is 15.9 Å². The fraction of sp³-hybridized carbons (Fsp3) is 0.429. The van der Waals surface area contributed by atoms with Crippen LogP contribution in [0.3, 0.4) is 0 Å². The summed E-state index contributed by atoms with van der Waals surface area (Å²) in [5.41, 5.74) is 6.37. The molecule has 3 N–H and O–H groups in total. The van der Waals surface area contributed by atoms with E-state index in [0.29, 0.717) is 17.5 Å². The van der Waals surface area contributed by atoms with Crippen LogP contribution in [0, 0.1) is 6.92 Å². The lowest BCUT2D eigenvalue weighted by Crippen LogP contribution is -2.50. The van der Waals surface area contributed by atoms with Crippen LogP contribution in [-0.2, 0) is 9.53 Å². The highest BCUT2D eigenvalue weighted by Gasteiger charge is 2.07. The Bertz CT molecular complexity index is 529. The first kappa shape index (κ1) is 19.2. The molecule has 1 aromatic carbocycles. The Hall–Kier alpha value is -0.830. The average Bonchev–Trinajstić information content (AvgIpc) is 2.44. The molecule has 0 bridgehead atoms. The Labute approximate surface area is 149 Å². The Morgan fingerprint density at radius 1 is 1.45 bits per heavy atom. The van der Waals surface area contributed by atoms with Gasteiger partial charge in [-0.05, 0) is 49.8 Å². The van der Waals surface area contributed by atoms with Crippen molar-refractivity contribution in [2.24, 2.45) is 0 Å². The largest absolute Gasteiger partial charge is 0.383 e. The minimum absolute atomic E-state index is 0.0710. The zero-order valence-corrected chi connectivity index (χ0v) is 16.0. The fourth-order valence-electron chi connectivity index (χ4n) is 1.63. The Morgan fingerprint density at radius 3 is 2.82 bits per heavy atom. The summed E-state index contributed by atoms with van der Waals surface area (Å²) in [5.74, 6) is 0.169. The first-order valence-electron chi connectivity index (χ1n) is 6.65. The molecular weight excluding hydrogens is 386 g/mol. The Balaban J connectivity index is 2.30. The van der Waals surface area contributed by atoms with E-state index in [0.717, 1.165) is 14.9 Å². The van der Waals surface area contributed by atoms with Crippen molar-refractivity contribution in [3.63, 3.8) is 0 Å². The van der Waals surface area contributed by atoms with E-state index in [9.17, 15) is 4.79 Å². The van der Waals surface area contributed by atoms with Crippen molar-refractivity contribution < 1.29 is 9.53 Å². The summed E-state index contributed by atoms with van der Waals surface area (Å²) < 4.78 is 6.02. The molecule has 122 valence electrons. The average molecular weight is 406 g/mol. The van der Waals surface area contributed by atoms with Crippen LogP contribution >= 0.6 is 39.9 Å². The molecule has 5 nitrogen and oxygen atoms in total. The van der Waals surface area contributed by atoms with Crippen LogP contribution in [0.15, 0.2) is 27.6 Å². The lowest BCUT2D eigenvalue weighted by Gasteiger charge is -2.16. The monoisotopic (exact) mass is 405 g/mol. The molecule has 1 atom stereocenters. The molecule has 0 radical (unpaired) electrons. The highest BCUT2D eigenvalue weighted by atomic mass is 79.9. The summed E-state index contributed by atoms with van der Waals surface area (Å²) >= 11 is 9.97. The summed E-state index contributed by atoms with van der Waals surface area (Å²) in [5, 5.41) is 3.36. The van der Waals surface area contributed by atoms with E-state index in [1.807, 2.05) is 32.0 Å². The first-order chi connectivity index (χ1) is 10.4. The van der Waals surface area contributed by atoms with Crippen molar-refractivity contribution in [1.29, 1.82) is 0 Å². The molecule has 0 spiro atoms. The number of benzene rings is 1. The minimum Gasteiger partial charge on any atom is -0.383 e. The van der Waals surface area contributed by atoms with Gasteiger partial charge >= 0.3 is 0 Å². The molecule has 8 heteroatoms. The number of hydrazine groups is 1. The topological polar surface area (TPSA) is 62.4 Å². The first-order valence-corrected chi connectivity index (χ1v) is 8.84. The molecule has 1 rings (SSSR count). The number of carbonyl (C=O) groups excluding carboxylic acids is 1. The van der Waals surface area contributed by atoms with Gasteiger partial charge in [0.15, 0.2) is 5.11 Å². The van der Waals surface area contributed by atoms with Crippen molar-refractivity contribution in [2.75, 3.05) is 19.5 Å². The molecule has 0 saturated carbocycles. The minimum atomic E-state index is -0.143. The summed E-state index contributed by atoms with van der Waals surface area (Å²) in [4.78, 5) is 12.9. The van der Waals surface area contributed by atoms with Gasteiger partial charge in [0.1, 0.15) is 0 Å². The molecule has 0 saturated heterocycles. The molecule has 0 fully saturated rings. The maximum Gasteiger partial charge on any atom is 0.248 e. The molecule has 22 heavy (non-hydrogen) atoms. The molecular formula is C14H20BrN3O2S2. The molecule has 0 aliphatic rings. The number of ether oxygens (including phenoxy) is 1. The maximum absolute atomic E-state index is 11.8. The molecule has 0 heterocycles. The number of methoxy groups -OCH3 is 1. The lowest BCUT2D eigenvalue weighted by atomic mass is 10.2. The fourth-order valence-corrected chi connectivity index (χ4v) is 3.17. The van der Waals surface area contributed by atoms with E-state index >= 15 is 0 Å². The van der Waals surface area contributed by atoms with Gasteiger partial charge in [0.2, 0.25) is 5.91 Å². The predicted octanol–water partition coefficient (Wildman–Crippen LogP) is 2.38. The second kappa shape index (κ2) is 10.0. The number of hydrogen-bond acceptors (Lipinski definition) is 4. The third kappa shape index (κ3) is 7.44. The van der Waals surface area contributed by atoms with E-state index in [2.05, 4.69) is 32.1 Å². The van der Waals surface area contributed by atoms with Crippen LogP contribution in [0.4, 0.5) is 0 Å². The van der Waals surface area contributed by atoms with Gasteiger partial charge in [-0.2, -0.15) is 0 Å². The third-order valence-corrected chi connectivity index (χ3v) is 4.49. The number of carbonyl (C=O) groups is 1. The molecule has 0 aromatic heterocycles. The number of hydrogen-bond donors (Lipinski definition) is 3. The van der Waals surface area contributed by atoms with Gasteiger partial charge in [-0.25, -0.2) is 0 Å². The quantitative estimate of drug-likeness (QED) is 0.383. The number of rotatable bonds is 6.